The highest BCUT2D eigenvalue weighted by atomic mass is 32.2. The van der Waals surface area contributed by atoms with Crippen molar-refractivity contribution in [3.63, 3.8) is 0 Å². The van der Waals surface area contributed by atoms with E-state index in [9.17, 15) is 26.4 Å². The van der Waals surface area contributed by atoms with E-state index in [0.29, 0.717) is 25.9 Å². The number of aromatic nitrogens is 2. The minimum absolute atomic E-state index is 0.00778. The Hall–Kier alpha value is -4.10. The normalized spacial score (nSPS) is 13.7. The van der Waals surface area contributed by atoms with Crippen LogP contribution in [0.2, 0.25) is 0 Å². The molecule has 0 radical (unpaired) electrons. The lowest BCUT2D eigenvalue weighted by Crippen LogP contribution is -2.38. The number of sulfonamides is 2. The monoisotopic (exact) mass is 569 g/mol. The Morgan fingerprint density at radius 2 is 1.28 bits per heavy atom. The summed E-state index contributed by atoms with van der Waals surface area (Å²) in [6.45, 7) is 4.56. The van der Waals surface area contributed by atoms with Gasteiger partial charge < -0.3 is 4.90 Å². The van der Waals surface area contributed by atoms with E-state index in [1.165, 1.54) is 54.9 Å². The fourth-order valence-electron chi connectivity index (χ4n) is 4.19. The first kappa shape index (κ1) is 27.9. The summed E-state index contributed by atoms with van der Waals surface area (Å²) < 4.78 is 57.2. The lowest BCUT2D eigenvalue weighted by Gasteiger charge is -2.31. The zero-order valence-corrected chi connectivity index (χ0v) is 22.9. The van der Waals surface area contributed by atoms with Crippen molar-refractivity contribution < 1.29 is 26.4 Å². The molecule has 2 aromatic carbocycles. The minimum Gasteiger partial charge on any atom is -0.367 e. The number of carbonyl (C=O) groups excluding carboxylic acids is 2. The summed E-state index contributed by atoms with van der Waals surface area (Å²) in [5.74, 6) is -1.44. The van der Waals surface area contributed by atoms with Crippen LogP contribution in [0, 0.1) is 0 Å². The van der Waals surface area contributed by atoms with E-state index in [0.717, 1.165) is 0 Å². The molecule has 11 nitrogen and oxygen atoms in total. The molecule has 0 atom stereocenters. The van der Waals surface area contributed by atoms with E-state index in [1.54, 1.807) is 17.0 Å². The molecule has 0 fully saturated rings. The molecule has 13 heteroatoms. The maximum Gasteiger partial charge on any atom is 0.268 e. The largest absolute Gasteiger partial charge is 0.367 e. The van der Waals surface area contributed by atoms with E-state index in [-0.39, 0.29) is 33.4 Å². The summed E-state index contributed by atoms with van der Waals surface area (Å²) in [7, 11) is -8.60. The van der Waals surface area contributed by atoms with Crippen molar-refractivity contribution >= 4 is 43.2 Å². The Kier molecular flexibility index (Phi) is 8.11. The third-order valence-corrected chi connectivity index (χ3v) is 8.60. The predicted molar refractivity (Wildman–Crippen MR) is 146 cm³/mol. The van der Waals surface area contributed by atoms with Gasteiger partial charge in [-0.1, -0.05) is 38.1 Å². The second-order valence-electron chi connectivity index (χ2n) is 8.68. The number of carbonyl (C=O) groups is 2. The van der Waals surface area contributed by atoms with E-state index in [1.807, 2.05) is 13.8 Å². The predicted octanol–water partition coefficient (Wildman–Crippen LogP) is 3.43. The number of rotatable bonds is 11. The van der Waals surface area contributed by atoms with Crippen LogP contribution < -0.4 is 9.44 Å². The van der Waals surface area contributed by atoms with Gasteiger partial charge in [0.1, 0.15) is 5.70 Å². The molecule has 0 saturated carbocycles. The molecule has 1 heterocycles. The molecule has 1 aliphatic rings. The third kappa shape index (κ3) is 5.83. The summed E-state index contributed by atoms with van der Waals surface area (Å²) >= 11 is 0. The summed E-state index contributed by atoms with van der Waals surface area (Å²) in [6.07, 6.45) is 4.02. The number of hydrogen-bond acceptors (Lipinski definition) is 9. The molecule has 4 rings (SSSR count). The van der Waals surface area contributed by atoms with E-state index >= 15 is 0 Å². The van der Waals surface area contributed by atoms with Crippen molar-refractivity contribution in [2.45, 2.75) is 31.6 Å². The number of ketones is 2. The second-order valence-corrected chi connectivity index (χ2v) is 12.0. The highest BCUT2D eigenvalue weighted by molar-refractivity contribution is 7.97. The van der Waals surface area contributed by atoms with Crippen LogP contribution in [0.5, 0.6) is 0 Å². The highest BCUT2D eigenvalue weighted by Gasteiger charge is 2.41. The molecule has 0 amide bonds. The molecule has 3 aromatic rings. The van der Waals surface area contributed by atoms with Gasteiger partial charge in [-0.2, -0.15) is 0 Å². The zero-order chi connectivity index (χ0) is 28.2. The van der Waals surface area contributed by atoms with Gasteiger partial charge in [-0.25, -0.2) is 31.5 Å². The van der Waals surface area contributed by atoms with Crippen LogP contribution in [-0.4, -0.2) is 56.4 Å². The van der Waals surface area contributed by atoms with E-state index < -0.39 is 36.5 Å². The molecule has 0 unspecified atom stereocenters. The van der Waals surface area contributed by atoms with Gasteiger partial charge in [0.2, 0.25) is 17.5 Å². The zero-order valence-electron chi connectivity index (χ0n) is 21.3. The fraction of sp³-hybridized carbons (Fsp3) is 0.231. The molecular formula is C26H27N5O6S2. The van der Waals surface area contributed by atoms with Crippen LogP contribution in [0.25, 0.3) is 0 Å². The van der Waals surface area contributed by atoms with Crippen LogP contribution in [0.15, 0.2) is 82.5 Å². The number of Topliss-reactive ketones (excluding diaryl/α,β-unsaturated/α-hetero) is 2. The second kappa shape index (κ2) is 11.3. The third-order valence-electron chi connectivity index (χ3n) is 5.83. The molecular weight excluding hydrogens is 542 g/mol. The van der Waals surface area contributed by atoms with Crippen molar-refractivity contribution in [3.05, 3.63) is 88.7 Å². The average molecular weight is 570 g/mol. The molecule has 204 valence electrons. The Morgan fingerprint density at radius 1 is 0.718 bits per heavy atom. The van der Waals surface area contributed by atoms with Crippen molar-refractivity contribution in [2.24, 2.45) is 0 Å². The van der Waals surface area contributed by atoms with E-state index in [2.05, 4.69) is 19.4 Å². The molecule has 0 spiro atoms. The van der Waals surface area contributed by atoms with Gasteiger partial charge >= 0.3 is 0 Å². The van der Waals surface area contributed by atoms with Crippen molar-refractivity contribution in [3.8, 4) is 0 Å². The summed E-state index contributed by atoms with van der Waals surface area (Å²) in [6, 6.07) is 12.5. The molecule has 39 heavy (non-hydrogen) atoms. The SMILES string of the molecule is CCCN(CCC)C1=C(S(=O)(=O)Nc2ccc(S(=O)(=O)Nc3ncccn3)cc2)C(=O)c2ccccc2C1=O. The minimum atomic E-state index is -4.56. The lowest BCUT2D eigenvalue weighted by molar-refractivity contribution is 0.0946. The number of benzene rings is 2. The highest BCUT2D eigenvalue weighted by Crippen LogP contribution is 2.32. The smallest absolute Gasteiger partial charge is 0.268 e. The quantitative estimate of drug-likeness (QED) is 0.353. The van der Waals surface area contributed by atoms with E-state index in [4.69, 9.17) is 0 Å². The maximum absolute atomic E-state index is 13.7. The molecule has 0 aliphatic heterocycles. The number of nitrogens with one attached hydrogen (secondary N) is 2. The van der Waals surface area contributed by atoms with Gasteiger partial charge in [-0.05, 0) is 43.2 Å². The van der Waals surface area contributed by atoms with Gasteiger partial charge in [0.15, 0.2) is 4.91 Å². The number of fused-ring (bicyclic) bond motifs is 1. The van der Waals surface area contributed by atoms with Crippen LogP contribution in [0.1, 0.15) is 47.4 Å². The Bertz CT molecular complexity index is 1630. The molecule has 2 N–H and O–H groups in total. The fourth-order valence-corrected chi connectivity index (χ4v) is 6.53. The van der Waals surface area contributed by atoms with Crippen LogP contribution >= 0.6 is 0 Å². The number of hydrogen-bond donors (Lipinski definition) is 2. The van der Waals surface area contributed by atoms with Crippen molar-refractivity contribution in [1.82, 2.24) is 14.9 Å². The summed E-state index contributed by atoms with van der Waals surface area (Å²) in [5.41, 5.74) is 0.00268. The topological polar surface area (TPSA) is 156 Å². The first-order valence-electron chi connectivity index (χ1n) is 12.2. The average Bonchev–Trinajstić information content (AvgIpc) is 2.91. The number of anilines is 2. The lowest BCUT2D eigenvalue weighted by atomic mass is 9.91. The van der Waals surface area contributed by atoms with Gasteiger partial charge in [-0.3, -0.25) is 14.3 Å². The van der Waals surface area contributed by atoms with Gasteiger partial charge in [0, 0.05) is 42.3 Å². The van der Waals surface area contributed by atoms with Crippen LogP contribution in [-0.2, 0) is 20.0 Å². The first-order chi connectivity index (χ1) is 18.6. The number of allylic oxidation sites excluding steroid dienone is 2. The van der Waals surface area contributed by atoms with Gasteiger partial charge in [0.25, 0.3) is 20.0 Å². The Morgan fingerprint density at radius 3 is 1.85 bits per heavy atom. The Labute approximate surface area is 227 Å². The first-order valence-corrected chi connectivity index (χ1v) is 15.2. The van der Waals surface area contributed by atoms with Crippen LogP contribution in [0.4, 0.5) is 11.6 Å². The van der Waals surface area contributed by atoms with Crippen molar-refractivity contribution in [2.75, 3.05) is 22.5 Å². The molecule has 0 saturated heterocycles. The van der Waals surface area contributed by atoms with Crippen molar-refractivity contribution in [1.29, 1.82) is 0 Å². The molecule has 1 aliphatic carbocycles. The molecule has 0 bridgehead atoms. The van der Waals surface area contributed by atoms with Gasteiger partial charge in [-0.15, -0.1) is 0 Å². The molecule has 1 aromatic heterocycles. The Balaban J connectivity index is 1.71. The van der Waals surface area contributed by atoms with Gasteiger partial charge in [0.05, 0.1) is 4.90 Å². The number of nitrogens with zero attached hydrogens (tertiary/aromatic N) is 3. The summed E-state index contributed by atoms with van der Waals surface area (Å²) in [5, 5.41) is 0. The summed E-state index contributed by atoms with van der Waals surface area (Å²) in [4.78, 5) is 35.6. The standard InChI is InChI=1S/C26H27N5O6S2/c1-3-16-31(17-4-2)22-23(32)20-8-5-6-9-21(20)24(33)25(22)39(36,37)29-18-10-12-19(13-11-18)38(34,35)30-26-27-14-7-15-28-26/h5-15,29H,3-4,16-17H2,1-2H3,(H,27,28,30). The van der Waals surface area contributed by atoms with Crippen LogP contribution in [0.3, 0.4) is 0 Å². The maximum atomic E-state index is 13.7.